The molecule has 5 nitrogen and oxygen atoms in total. The van der Waals surface area contributed by atoms with Gasteiger partial charge in [-0.15, -0.1) is 0 Å². The van der Waals surface area contributed by atoms with Crippen LogP contribution in [0.4, 0.5) is 0 Å². The molecule has 3 aromatic rings. The molecule has 1 heterocycles. The smallest absolute Gasteiger partial charge is 0.346 e. The van der Waals surface area contributed by atoms with E-state index >= 15 is 0 Å². The molecule has 29 heavy (non-hydrogen) atoms. The fourth-order valence-corrected chi connectivity index (χ4v) is 3.09. The van der Waals surface area contributed by atoms with Gasteiger partial charge in [0, 0.05) is 5.56 Å². The van der Waals surface area contributed by atoms with Crippen molar-refractivity contribution in [2.24, 2.45) is 0 Å². The summed E-state index contributed by atoms with van der Waals surface area (Å²) in [7, 11) is 1.28. The van der Waals surface area contributed by atoms with Crippen LogP contribution in [0.3, 0.4) is 0 Å². The van der Waals surface area contributed by atoms with Gasteiger partial charge in [0.1, 0.15) is 5.58 Å². The summed E-state index contributed by atoms with van der Waals surface area (Å²) in [6.07, 6.45) is -0.946. The highest BCUT2D eigenvalue weighted by atomic mass is 16.6. The minimum atomic E-state index is -0.946. The molecule has 0 aliphatic heterocycles. The summed E-state index contributed by atoms with van der Waals surface area (Å²) in [6, 6.07) is 13.2. The van der Waals surface area contributed by atoms with Gasteiger partial charge in [-0.2, -0.15) is 0 Å². The van der Waals surface area contributed by atoms with Gasteiger partial charge < -0.3 is 13.9 Å². The van der Waals surface area contributed by atoms with Crippen molar-refractivity contribution >= 4 is 16.9 Å². The van der Waals surface area contributed by atoms with Gasteiger partial charge in [-0.1, -0.05) is 51.1 Å². The molecule has 2 aromatic carbocycles. The Morgan fingerprint density at radius 1 is 1.07 bits per heavy atom. The average Bonchev–Trinajstić information content (AvgIpc) is 2.68. The highest BCUT2D eigenvalue weighted by Gasteiger charge is 2.24. The zero-order valence-electron chi connectivity index (χ0n) is 17.7. The number of ether oxygens (including phenoxy) is 2. The second-order valence-electron chi connectivity index (χ2n) is 8.20. The van der Waals surface area contributed by atoms with E-state index < -0.39 is 12.1 Å². The van der Waals surface area contributed by atoms with E-state index in [2.05, 4.69) is 20.8 Å². The van der Waals surface area contributed by atoms with Gasteiger partial charge in [0.15, 0.2) is 11.9 Å². The van der Waals surface area contributed by atoms with Crippen molar-refractivity contribution in [3.05, 3.63) is 63.8 Å². The molecule has 3 rings (SSSR count). The third-order valence-electron chi connectivity index (χ3n) is 4.85. The Morgan fingerprint density at radius 3 is 2.31 bits per heavy atom. The van der Waals surface area contributed by atoms with Gasteiger partial charge in [0.05, 0.1) is 12.5 Å². The lowest BCUT2D eigenvalue weighted by atomic mass is 9.86. The Kier molecular flexibility index (Phi) is 5.51. The van der Waals surface area contributed by atoms with Crippen LogP contribution >= 0.6 is 0 Å². The van der Waals surface area contributed by atoms with Crippen LogP contribution in [0.25, 0.3) is 22.3 Å². The van der Waals surface area contributed by atoms with Gasteiger partial charge in [0.25, 0.3) is 0 Å². The van der Waals surface area contributed by atoms with Gasteiger partial charge in [-0.3, -0.25) is 4.79 Å². The Hall–Kier alpha value is -3.08. The number of carbonyl (C=O) groups excluding carboxylic acids is 1. The van der Waals surface area contributed by atoms with Crippen LogP contribution in [0.5, 0.6) is 5.75 Å². The lowest BCUT2D eigenvalue weighted by Gasteiger charge is -2.19. The second-order valence-corrected chi connectivity index (χ2v) is 8.20. The zero-order chi connectivity index (χ0) is 21.3. The largest absolute Gasteiger partial charge is 0.471 e. The quantitative estimate of drug-likeness (QED) is 0.582. The number of benzene rings is 2. The highest BCUT2D eigenvalue weighted by molar-refractivity contribution is 5.83. The maximum absolute atomic E-state index is 13.2. The van der Waals surface area contributed by atoms with E-state index in [9.17, 15) is 9.59 Å². The monoisotopic (exact) mass is 394 g/mol. The minimum Gasteiger partial charge on any atom is -0.471 e. The van der Waals surface area contributed by atoms with Gasteiger partial charge in [0.2, 0.25) is 11.2 Å². The summed E-state index contributed by atoms with van der Waals surface area (Å²) in [5.74, 6) is -0.269. The van der Waals surface area contributed by atoms with Crippen LogP contribution in [0.15, 0.2) is 51.7 Å². The molecular formula is C24H26O5. The van der Waals surface area contributed by atoms with Crippen molar-refractivity contribution in [3.8, 4) is 17.1 Å². The second kappa shape index (κ2) is 7.74. The molecular weight excluding hydrogens is 368 g/mol. The van der Waals surface area contributed by atoms with Crippen LogP contribution in [0, 0.1) is 6.92 Å². The Bertz CT molecular complexity index is 1100. The molecule has 152 valence electrons. The van der Waals surface area contributed by atoms with Gasteiger partial charge in [-0.25, -0.2) is 4.79 Å². The first-order chi connectivity index (χ1) is 13.6. The molecule has 0 unspecified atom stereocenters. The molecule has 0 saturated heterocycles. The molecule has 0 radical (unpaired) electrons. The number of methoxy groups -OCH3 is 1. The number of carbonyl (C=O) groups is 1. The molecule has 1 aromatic heterocycles. The van der Waals surface area contributed by atoms with E-state index in [1.54, 1.807) is 6.07 Å². The highest BCUT2D eigenvalue weighted by Crippen LogP contribution is 2.33. The third kappa shape index (κ3) is 4.19. The predicted molar refractivity (Wildman–Crippen MR) is 113 cm³/mol. The summed E-state index contributed by atoms with van der Waals surface area (Å²) in [5, 5.41) is 0.401. The summed E-state index contributed by atoms with van der Waals surface area (Å²) < 4.78 is 16.6. The molecule has 0 N–H and O–H groups in total. The Labute approximate surface area is 170 Å². The number of fused-ring (bicyclic) bond motifs is 1. The fourth-order valence-electron chi connectivity index (χ4n) is 3.09. The van der Waals surface area contributed by atoms with Crippen molar-refractivity contribution < 1.29 is 18.7 Å². The first-order valence-corrected chi connectivity index (χ1v) is 9.54. The number of hydrogen-bond donors (Lipinski definition) is 0. The first kappa shape index (κ1) is 20.6. The summed E-state index contributed by atoms with van der Waals surface area (Å²) >= 11 is 0. The predicted octanol–water partition coefficient (Wildman–Crippen LogP) is 5.01. The maximum Gasteiger partial charge on any atom is 0.346 e. The van der Waals surface area contributed by atoms with Crippen LogP contribution < -0.4 is 10.2 Å². The van der Waals surface area contributed by atoms with Crippen LogP contribution in [0.1, 0.15) is 38.8 Å². The third-order valence-corrected chi connectivity index (χ3v) is 4.85. The molecule has 0 spiro atoms. The van der Waals surface area contributed by atoms with Crippen molar-refractivity contribution in [1.82, 2.24) is 0 Å². The summed E-state index contributed by atoms with van der Waals surface area (Å²) in [6.45, 7) is 9.87. The average molecular weight is 394 g/mol. The van der Waals surface area contributed by atoms with Crippen molar-refractivity contribution in [2.45, 2.75) is 46.1 Å². The van der Waals surface area contributed by atoms with E-state index in [4.69, 9.17) is 13.9 Å². The van der Waals surface area contributed by atoms with Crippen LogP contribution in [-0.4, -0.2) is 19.2 Å². The van der Waals surface area contributed by atoms with Gasteiger partial charge >= 0.3 is 5.97 Å². The van der Waals surface area contributed by atoms with Gasteiger partial charge in [-0.05, 0) is 42.5 Å². The summed E-state index contributed by atoms with van der Waals surface area (Å²) in [5.41, 5.74) is 2.99. The van der Waals surface area contributed by atoms with E-state index in [1.807, 2.05) is 43.3 Å². The van der Waals surface area contributed by atoms with E-state index in [0.717, 1.165) is 11.1 Å². The molecule has 0 fully saturated rings. The molecule has 0 saturated carbocycles. The van der Waals surface area contributed by atoms with Crippen molar-refractivity contribution in [1.29, 1.82) is 0 Å². The number of hydrogen-bond acceptors (Lipinski definition) is 5. The molecule has 0 amide bonds. The topological polar surface area (TPSA) is 65.7 Å². The van der Waals surface area contributed by atoms with E-state index in [1.165, 1.54) is 14.0 Å². The molecule has 0 aliphatic rings. The first-order valence-electron chi connectivity index (χ1n) is 9.54. The summed E-state index contributed by atoms with van der Waals surface area (Å²) in [4.78, 5) is 25.0. The molecule has 0 aliphatic carbocycles. The SMILES string of the molecule is COC(=O)[C@H](C)Oc1c(-c2ccc(C(C)(C)C)cc2)oc2cc(C)ccc2c1=O. The minimum absolute atomic E-state index is 0.00140. The van der Waals surface area contributed by atoms with Crippen molar-refractivity contribution in [2.75, 3.05) is 7.11 Å². The standard InChI is InChI=1S/C24H26O5/c1-14-7-12-18-19(13-14)29-21(16-8-10-17(11-9-16)24(3,4)5)22(20(18)25)28-15(2)23(26)27-6/h7-13,15H,1-6H3/t15-/m0/s1. The van der Waals surface area contributed by atoms with Crippen molar-refractivity contribution in [3.63, 3.8) is 0 Å². The van der Waals surface area contributed by atoms with E-state index in [0.29, 0.717) is 22.3 Å². The number of aryl methyl sites for hydroxylation is 1. The Balaban J connectivity index is 2.21. The number of esters is 1. The lowest BCUT2D eigenvalue weighted by molar-refractivity contribution is -0.147. The molecule has 1 atom stereocenters. The van der Waals surface area contributed by atoms with Crippen LogP contribution in [-0.2, 0) is 14.9 Å². The number of rotatable bonds is 4. The molecule has 5 heteroatoms. The molecule has 0 bridgehead atoms. The lowest BCUT2D eigenvalue weighted by Crippen LogP contribution is -2.27. The van der Waals surface area contributed by atoms with Crippen LogP contribution in [0.2, 0.25) is 0 Å². The Morgan fingerprint density at radius 2 is 1.72 bits per heavy atom. The normalized spacial score (nSPS) is 12.6. The maximum atomic E-state index is 13.2. The van der Waals surface area contributed by atoms with E-state index in [-0.39, 0.29) is 16.6 Å². The fraction of sp³-hybridized carbons (Fsp3) is 0.333. The zero-order valence-corrected chi connectivity index (χ0v) is 17.7.